The third-order valence-electron chi connectivity index (χ3n) is 8.52. The number of hydrogen-bond donors (Lipinski definition) is 0. The van der Waals surface area contributed by atoms with Gasteiger partial charge in [-0.2, -0.15) is 5.10 Å². The van der Waals surface area contributed by atoms with Gasteiger partial charge in [0.05, 0.1) is 28.3 Å². The number of aryl methyl sites for hydroxylation is 1. The highest BCUT2D eigenvalue weighted by Gasteiger charge is 2.28. The molecule has 1 aliphatic rings. The van der Waals surface area contributed by atoms with Crippen molar-refractivity contribution in [2.75, 3.05) is 13.1 Å². The fourth-order valence-electron chi connectivity index (χ4n) is 6.50. The lowest BCUT2D eigenvalue weighted by atomic mass is 9.95. The summed E-state index contributed by atoms with van der Waals surface area (Å²) in [5, 5.41) is 5.85. The monoisotopic (exact) mass is 544 g/mol. The van der Waals surface area contributed by atoms with E-state index in [1.807, 2.05) is 30.1 Å². The van der Waals surface area contributed by atoms with E-state index in [0.717, 1.165) is 71.7 Å². The lowest BCUT2D eigenvalue weighted by Gasteiger charge is -2.32. The predicted molar refractivity (Wildman–Crippen MR) is 161 cm³/mol. The van der Waals surface area contributed by atoms with Crippen LogP contribution >= 0.6 is 0 Å². The smallest absolute Gasteiger partial charge is 0.123 e. The first-order chi connectivity index (χ1) is 20.1. The van der Waals surface area contributed by atoms with Gasteiger partial charge in [0, 0.05) is 36.7 Å². The van der Waals surface area contributed by atoms with Crippen LogP contribution in [0.15, 0.2) is 91.1 Å². The van der Waals surface area contributed by atoms with Crippen molar-refractivity contribution in [1.29, 1.82) is 0 Å². The molecule has 0 radical (unpaired) electrons. The molecule has 0 bridgehead atoms. The van der Waals surface area contributed by atoms with Crippen LogP contribution in [0.1, 0.15) is 48.8 Å². The molecule has 0 saturated carbocycles. The lowest BCUT2D eigenvalue weighted by molar-refractivity contribution is 0.200. The fourth-order valence-corrected chi connectivity index (χ4v) is 6.50. The molecule has 0 aliphatic carbocycles. The zero-order chi connectivity index (χ0) is 27.9. The Labute approximate surface area is 239 Å². The van der Waals surface area contributed by atoms with Gasteiger partial charge in [-0.1, -0.05) is 48.5 Å². The molecule has 7 rings (SSSR count). The summed E-state index contributed by atoms with van der Waals surface area (Å²) in [4.78, 5) is 12.4. The van der Waals surface area contributed by atoms with Gasteiger partial charge in [-0.3, -0.25) is 14.6 Å². The van der Waals surface area contributed by atoms with Crippen molar-refractivity contribution in [3.05, 3.63) is 114 Å². The number of likely N-dealkylation sites (tertiary alicyclic amines) is 1. The molecule has 7 heteroatoms. The number of rotatable bonds is 6. The van der Waals surface area contributed by atoms with E-state index < -0.39 is 0 Å². The van der Waals surface area contributed by atoms with E-state index in [9.17, 15) is 4.39 Å². The second-order valence-corrected chi connectivity index (χ2v) is 11.1. The Bertz CT molecular complexity index is 1830. The zero-order valence-electron chi connectivity index (χ0n) is 23.4. The summed E-state index contributed by atoms with van der Waals surface area (Å²) < 4.78 is 18.3. The molecule has 0 amide bonds. The Morgan fingerprint density at radius 2 is 1.73 bits per heavy atom. The maximum Gasteiger partial charge on any atom is 0.123 e. The summed E-state index contributed by atoms with van der Waals surface area (Å²) in [6, 6.07) is 27.7. The number of benzene rings is 3. The maximum atomic E-state index is 14.0. The number of aromatic nitrogens is 5. The highest BCUT2D eigenvalue weighted by Crippen LogP contribution is 2.35. The van der Waals surface area contributed by atoms with E-state index >= 15 is 0 Å². The Morgan fingerprint density at radius 1 is 0.927 bits per heavy atom. The average molecular weight is 545 g/mol. The SMILES string of the molecule is CC(c1ccccn1)n1c(C2CCN(Cc3cccc4c(-c5cccc(F)c5)nn(C)c34)CC2)nc2ccccc21. The van der Waals surface area contributed by atoms with Crippen LogP contribution in [-0.4, -0.2) is 42.3 Å². The van der Waals surface area contributed by atoms with E-state index in [1.165, 1.54) is 17.1 Å². The summed E-state index contributed by atoms with van der Waals surface area (Å²) in [7, 11) is 1.98. The summed E-state index contributed by atoms with van der Waals surface area (Å²) in [5.41, 5.74) is 7.25. The number of hydrogen-bond acceptors (Lipinski definition) is 4. The molecule has 0 spiro atoms. The topological polar surface area (TPSA) is 51.8 Å². The second kappa shape index (κ2) is 10.6. The highest BCUT2D eigenvalue weighted by molar-refractivity contribution is 5.95. The van der Waals surface area contributed by atoms with Gasteiger partial charge in [0.25, 0.3) is 0 Å². The van der Waals surface area contributed by atoms with Gasteiger partial charge >= 0.3 is 0 Å². The average Bonchev–Trinajstić information content (AvgIpc) is 3.56. The Kier molecular flexibility index (Phi) is 6.59. The molecule has 4 heterocycles. The molecular weight excluding hydrogens is 511 g/mol. The van der Waals surface area contributed by atoms with E-state index in [1.54, 1.807) is 12.1 Å². The largest absolute Gasteiger partial charge is 0.319 e. The normalized spacial score (nSPS) is 15.6. The number of nitrogens with zero attached hydrogens (tertiary/aromatic N) is 6. The molecule has 3 aromatic carbocycles. The molecule has 6 aromatic rings. The van der Waals surface area contributed by atoms with Gasteiger partial charge in [-0.15, -0.1) is 0 Å². The van der Waals surface area contributed by atoms with Crippen molar-refractivity contribution in [1.82, 2.24) is 29.2 Å². The molecule has 0 N–H and O–H groups in total. The summed E-state index contributed by atoms with van der Waals surface area (Å²) >= 11 is 0. The number of halogens is 1. The van der Waals surface area contributed by atoms with Crippen LogP contribution in [0.5, 0.6) is 0 Å². The predicted octanol–water partition coefficient (Wildman–Crippen LogP) is 7.11. The van der Waals surface area contributed by atoms with Crippen molar-refractivity contribution >= 4 is 21.9 Å². The molecule has 3 aromatic heterocycles. The Hall–Kier alpha value is -4.36. The summed E-state index contributed by atoms with van der Waals surface area (Å²) in [6.45, 7) is 5.07. The summed E-state index contributed by atoms with van der Waals surface area (Å²) in [5.74, 6) is 1.30. The van der Waals surface area contributed by atoms with Crippen molar-refractivity contribution in [2.45, 2.75) is 38.3 Å². The van der Waals surface area contributed by atoms with Gasteiger partial charge in [0.15, 0.2) is 0 Å². The first-order valence-electron chi connectivity index (χ1n) is 14.4. The molecular formula is C34H33FN6. The number of pyridine rings is 1. The molecule has 1 unspecified atom stereocenters. The van der Waals surface area contributed by atoms with Gasteiger partial charge in [0.1, 0.15) is 17.3 Å². The van der Waals surface area contributed by atoms with E-state index in [-0.39, 0.29) is 11.9 Å². The molecule has 1 atom stereocenters. The quantitative estimate of drug-likeness (QED) is 0.224. The molecule has 6 nitrogen and oxygen atoms in total. The third-order valence-corrected chi connectivity index (χ3v) is 8.52. The maximum absolute atomic E-state index is 14.0. The van der Waals surface area contributed by atoms with Gasteiger partial charge in [-0.05, 0) is 74.8 Å². The van der Waals surface area contributed by atoms with Crippen LogP contribution in [0.4, 0.5) is 4.39 Å². The van der Waals surface area contributed by atoms with Gasteiger partial charge in [-0.25, -0.2) is 9.37 Å². The van der Waals surface area contributed by atoms with Crippen molar-refractivity contribution < 1.29 is 4.39 Å². The van der Waals surface area contributed by atoms with Crippen LogP contribution in [0.2, 0.25) is 0 Å². The van der Waals surface area contributed by atoms with Gasteiger partial charge in [0.2, 0.25) is 0 Å². The standard InChI is InChI=1S/C34H33FN6/c1-23(29-13-5-6-18-36-29)41-31-15-4-3-14-30(31)37-34(41)24-16-19-40(20-17-24)22-26-10-8-12-28-32(38-39(2)33(26)28)25-9-7-11-27(35)21-25/h3-15,18,21,23-24H,16-17,19-20,22H2,1-2H3. The molecule has 1 saturated heterocycles. The van der Waals surface area contributed by atoms with E-state index in [2.05, 4.69) is 76.0 Å². The minimum Gasteiger partial charge on any atom is -0.319 e. The van der Waals surface area contributed by atoms with Crippen molar-refractivity contribution in [3.8, 4) is 11.3 Å². The lowest BCUT2D eigenvalue weighted by Crippen LogP contribution is -2.33. The number of piperidine rings is 1. The van der Waals surface area contributed by atoms with Crippen molar-refractivity contribution in [2.24, 2.45) is 7.05 Å². The highest BCUT2D eigenvalue weighted by atomic mass is 19.1. The fraction of sp³-hybridized carbons (Fsp3) is 0.265. The van der Waals surface area contributed by atoms with Crippen LogP contribution in [-0.2, 0) is 13.6 Å². The second-order valence-electron chi connectivity index (χ2n) is 11.1. The number of fused-ring (bicyclic) bond motifs is 2. The molecule has 41 heavy (non-hydrogen) atoms. The van der Waals surface area contributed by atoms with Crippen LogP contribution < -0.4 is 0 Å². The zero-order valence-corrected chi connectivity index (χ0v) is 23.4. The minimum atomic E-state index is -0.247. The Balaban J connectivity index is 1.14. The third kappa shape index (κ3) is 4.70. The van der Waals surface area contributed by atoms with Crippen molar-refractivity contribution in [3.63, 3.8) is 0 Å². The summed E-state index contributed by atoms with van der Waals surface area (Å²) in [6.07, 6.45) is 3.97. The van der Waals surface area contributed by atoms with Gasteiger partial charge < -0.3 is 4.57 Å². The molecule has 1 aliphatic heterocycles. The van der Waals surface area contributed by atoms with E-state index in [4.69, 9.17) is 10.1 Å². The Morgan fingerprint density at radius 3 is 2.54 bits per heavy atom. The minimum absolute atomic E-state index is 0.103. The van der Waals surface area contributed by atoms with E-state index in [0.29, 0.717) is 5.92 Å². The van der Waals surface area contributed by atoms with Crippen LogP contribution in [0.25, 0.3) is 33.2 Å². The number of imidazole rings is 1. The molecule has 1 fully saturated rings. The van der Waals surface area contributed by atoms with Crippen LogP contribution in [0.3, 0.4) is 0 Å². The van der Waals surface area contributed by atoms with Crippen LogP contribution in [0, 0.1) is 5.82 Å². The number of para-hydroxylation sites is 3. The molecule has 206 valence electrons. The first-order valence-corrected chi connectivity index (χ1v) is 14.4. The first kappa shape index (κ1) is 25.6.